The molecule has 0 saturated heterocycles. The van der Waals surface area contributed by atoms with E-state index in [2.05, 4.69) is 15.2 Å². The number of rotatable bonds is 6. The van der Waals surface area contributed by atoms with Crippen LogP contribution >= 0.6 is 0 Å². The molecular formula is C12H16N4O4. The van der Waals surface area contributed by atoms with E-state index in [0.717, 1.165) is 5.56 Å². The van der Waals surface area contributed by atoms with Crippen molar-refractivity contribution in [2.24, 2.45) is 16.6 Å². The first-order valence-corrected chi connectivity index (χ1v) is 5.78. The Morgan fingerprint density at radius 1 is 1.25 bits per heavy atom. The summed E-state index contributed by atoms with van der Waals surface area (Å²) in [6.45, 7) is 0.230. The van der Waals surface area contributed by atoms with E-state index in [4.69, 9.17) is 16.7 Å². The Morgan fingerprint density at radius 2 is 1.90 bits per heavy atom. The van der Waals surface area contributed by atoms with Gasteiger partial charge >= 0.3 is 6.09 Å². The van der Waals surface area contributed by atoms with Crippen molar-refractivity contribution < 1.29 is 19.5 Å². The van der Waals surface area contributed by atoms with Crippen LogP contribution in [-0.4, -0.2) is 36.2 Å². The van der Waals surface area contributed by atoms with Crippen molar-refractivity contribution in [2.45, 2.75) is 6.42 Å². The molecule has 20 heavy (non-hydrogen) atoms. The zero-order valence-corrected chi connectivity index (χ0v) is 10.7. The van der Waals surface area contributed by atoms with Gasteiger partial charge in [0.05, 0.1) is 13.0 Å². The van der Waals surface area contributed by atoms with E-state index >= 15 is 0 Å². The number of nitrogens with one attached hydrogen (secondary N) is 1. The molecule has 0 spiro atoms. The van der Waals surface area contributed by atoms with Crippen LogP contribution in [0.5, 0.6) is 0 Å². The van der Waals surface area contributed by atoms with Crippen molar-refractivity contribution in [1.29, 1.82) is 0 Å². The largest absolute Gasteiger partial charge is 0.448 e. The highest BCUT2D eigenvalue weighted by atomic mass is 16.5. The van der Waals surface area contributed by atoms with Crippen molar-refractivity contribution in [3.05, 3.63) is 35.4 Å². The topological polar surface area (TPSA) is 140 Å². The van der Waals surface area contributed by atoms with E-state index < -0.39 is 6.09 Å². The maximum Gasteiger partial charge on any atom is 0.404 e. The molecule has 1 aromatic carbocycles. The molecule has 8 nitrogen and oxygen atoms in total. The first-order valence-electron chi connectivity index (χ1n) is 5.78. The third-order valence-electron chi connectivity index (χ3n) is 2.39. The molecule has 0 saturated carbocycles. The molecule has 1 rings (SSSR count). The molecule has 0 bridgehead atoms. The number of ether oxygens (including phenoxy) is 1. The average Bonchev–Trinajstić information content (AvgIpc) is 2.43. The lowest BCUT2D eigenvalue weighted by atomic mass is 10.1. The summed E-state index contributed by atoms with van der Waals surface area (Å²) in [6, 6.07) is 6.70. The van der Waals surface area contributed by atoms with E-state index in [-0.39, 0.29) is 31.3 Å². The highest BCUT2D eigenvalue weighted by molar-refractivity contribution is 5.97. The maximum absolute atomic E-state index is 11.6. The van der Waals surface area contributed by atoms with Gasteiger partial charge in [-0.3, -0.25) is 4.79 Å². The highest BCUT2D eigenvalue weighted by Crippen LogP contribution is 2.05. The molecule has 1 aromatic rings. The van der Waals surface area contributed by atoms with Gasteiger partial charge in [-0.05, 0) is 5.56 Å². The molecule has 0 fully saturated rings. The fraction of sp³-hybridized carbons (Fsp3) is 0.250. The van der Waals surface area contributed by atoms with Crippen LogP contribution in [0.15, 0.2) is 29.4 Å². The monoisotopic (exact) mass is 280 g/mol. The number of nitrogens with two attached hydrogens (primary N) is 2. The van der Waals surface area contributed by atoms with Gasteiger partial charge in [-0.25, -0.2) is 4.79 Å². The summed E-state index contributed by atoms with van der Waals surface area (Å²) in [4.78, 5) is 21.9. The van der Waals surface area contributed by atoms with E-state index in [9.17, 15) is 9.59 Å². The lowest BCUT2D eigenvalue weighted by Crippen LogP contribution is -2.30. The number of carbonyl (C=O) groups excluding carboxylic acids is 2. The Hall–Kier alpha value is -2.77. The molecule has 108 valence electrons. The van der Waals surface area contributed by atoms with Crippen molar-refractivity contribution in [2.75, 3.05) is 13.2 Å². The Bertz CT molecular complexity index is 499. The second-order valence-corrected chi connectivity index (χ2v) is 3.88. The second-order valence-electron chi connectivity index (χ2n) is 3.88. The minimum absolute atomic E-state index is 0.00426. The van der Waals surface area contributed by atoms with Crippen molar-refractivity contribution >= 4 is 17.8 Å². The molecule has 0 atom stereocenters. The summed E-state index contributed by atoms with van der Waals surface area (Å²) >= 11 is 0. The van der Waals surface area contributed by atoms with Gasteiger partial charge in [0, 0.05) is 5.56 Å². The Kier molecular flexibility index (Phi) is 5.82. The summed E-state index contributed by atoms with van der Waals surface area (Å²) < 4.78 is 4.47. The maximum atomic E-state index is 11.6. The van der Waals surface area contributed by atoms with Gasteiger partial charge in [-0.1, -0.05) is 29.4 Å². The fourth-order valence-electron chi connectivity index (χ4n) is 1.44. The van der Waals surface area contributed by atoms with E-state index in [0.29, 0.717) is 5.56 Å². The zero-order valence-electron chi connectivity index (χ0n) is 10.7. The van der Waals surface area contributed by atoms with E-state index in [1.165, 1.54) is 0 Å². The minimum atomic E-state index is -0.877. The molecule has 0 heterocycles. The molecule has 0 radical (unpaired) electrons. The number of hydrogen-bond donors (Lipinski definition) is 4. The summed E-state index contributed by atoms with van der Waals surface area (Å²) in [6.07, 6.45) is -0.703. The average molecular weight is 280 g/mol. The number of benzene rings is 1. The van der Waals surface area contributed by atoms with Crippen LogP contribution in [0.2, 0.25) is 0 Å². The predicted octanol–water partition coefficient (Wildman–Crippen LogP) is -0.465. The molecule has 0 aliphatic rings. The highest BCUT2D eigenvalue weighted by Gasteiger charge is 2.04. The van der Waals surface area contributed by atoms with Crippen LogP contribution in [0.1, 0.15) is 11.1 Å². The standard InChI is InChI=1S/C12H16N4O4/c13-11(16-19)9-3-1-8(2-4-9)7-10(17)15-5-6-20-12(14)18/h1-4,19H,5-7H2,(H2,13,16)(H2,14,18)(H,15,17). The first kappa shape index (κ1) is 15.3. The second kappa shape index (κ2) is 7.62. The summed E-state index contributed by atoms with van der Waals surface area (Å²) in [7, 11) is 0. The number of primary amides is 1. The smallest absolute Gasteiger partial charge is 0.404 e. The van der Waals surface area contributed by atoms with Gasteiger partial charge in [0.25, 0.3) is 0 Å². The van der Waals surface area contributed by atoms with Gasteiger partial charge in [0.15, 0.2) is 5.84 Å². The first-order chi connectivity index (χ1) is 9.52. The van der Waals surface area contributed by atoms with Gasteiger partial charge < -0.3 is 26.7 Å². The number of nitrogens with zero attached hydrogens (tertiary/aromatic N) is 1. The summed E-state index contributed by atoms with van der Waals surface area (Å²) in [5, 5.41) is 14.0. The lowest BCUT2D eigenvalue weighted by molar-refractivity contribution is -0.120. The lowest BCUT2D eigenvalue weighted by Gasteiger charge is -2.06. The van der Waals surface area contributed by atoms with Gasteiger partial charge in [-0.2, -0.15) is 0 Å². The quantitative estimate of drug-likeness (QED) is 0.183. The van der Waals surface area contributed by atoms with Crippen LogP contribution in [0.4, 0.5) is 4.79 Å². The van der Waals surface area contributed by atoms with E-state index in [1.54, 1.807) is 24.3 Å². The summed E-state index contributed by atoms with van der Waals surface area (Å²) in [5.74, 6) is -0.209. The van der Waals surface area contributed by atoms with Crippen molar-refractivity contribution in [3.8, 4) is 0 Å². The molecule has 2 amide bonds. The number of carbonyl (C=O) groups is 2. The van der Waals surface area contributed by atoms with E-state index in [1.807, 2.05) is 0 Å². The van der Waals surface area contributed by atoms with Crippen LogP contribution in [0, 0.1) is 0 Å². The minimum Gasteiger partial charge on any atom is -0.448 e. The third-order valence-corrected chi connectivity index (χ3v) is 2.39. The zero-order chi connectivity index (χ0) is 15.0. The molecule has 8 heteroatoms. The predicted molar refractivity (Wildman–Crippen MR) is 71.2 cm³/mol. The Morgan fingerprint density at radius 3 is 2.45 bits per heavy atom. The number of amidine groups is 1. The number of amides is 2. The van der Waals surface area contributed by atoms with Gasteiger partial charge in [0.1, 0.15) is 6.61 Å². The van der Waals surface area contributed by atoms with Crippen LogP contribution in [0.3, 0.4) is 0 Å². The van der Waals surface area contributed by atoms with Crippen molar-refractivity contribution in [3.63, 3.8) is 0 Å². The third kappa shape index (κ3) is 5.25. The van der Waals surface area contributed by atoms with Crippen LogP contribution in [-0.2, 0) is 16.0 Å². The van der Waals surface area contributed by atoms with Crippen LogP contribution in [0.25, 0.3) is 0 Å². The van der Waals surface area contributed by atoms with Crippen LogP contribution < -0.4 is 16.8 Å². The van der Waals surface area contributed by atoms with Gasteiger partial charge in [-0.15, -0.1) is 0 Å². The fourth-order valence-corrected chi connectivity index (χ4v) is 1.44. The Labute approximate surface area is 115 Å². The SMILES string of the molecule is NC(=O)OCCNC(=O)Cc1ccc(/C(N)=N/O)cc1. The number of oxime groups is 1. The molecule has 0 aliphatic carbocycles. The molecular weight excluding hydrogens is 264 g/mol. The number of hydrogen-bond acceptors (Lipinski definition) is 5. The molecule has 0 unspecified atom stereocenters. The molecule has 0 aromatic heterocycles. The van der Waals surface area contributed by atoms with Crippen molar-refractivity contribution in [1.82, 2.24) is 5.32 Å². The van der Waals surface area contributed by atoms with Gasteiger partial charge in [0.2, 0.25) is 5.91 Å². The normalized spacial score (nSPS) is 10.9. The molecule has 6 N–H and O–H groups in total. The molecule has 0 aliphatic heterocycles. The summed E-state index contributed by atoms with van der Waals surface area (Å²) in [5.41, 5.74) is 11.5. The Balaban J connectivity index is 2.40.